The van der Waals surface area contributed by atoms with E-state index in [1.165, 1.54) is 36.7 Å². The number of hydrogen-bond acceptors (Lipinski definition) is 6. The van der Waals surface area contributed by atoms with Crippen LogP contribution in [-0.4, -0.2) is 21.4 Å². The summed E-state index contributed by atoms with van der Waals surface area (Å²) in [6, 6.07) is 5.42. The Bertz CT molecular complexity index is 1820. The molecule has 0 amide bonds. The number of halogens is 10. The van der Waals surface area contributed by atoms with Crippen molar-refractivity contribution in [3.63, 3.8) is 0 Å². The van der Waals surface area contributed by atoms with Gasteiger partial charge in [-0.3, -0.25) is 0 Å². The van der Waals surface area contributed by atoms with Crippen LogP contribution in [0.15, 0.2) is 34.3 Å². The molecule has 0 saturated carbocycles. The maximum Gasteiger partial charge on any atom is 0.206 e. The first kappa shape index (κ1) is 27.9. The number of nitriles is 2. The van der Waals surface area contributed by atoms with Crippen molar-refractivity contribution in [1.29, 1.82) is 10.5 Å². The van der Waals surface area contributed by atoms with Crippen molar-refractivity contribution in [2.45, 2.75) is 0 Å². The molecule has 4 aromatic rings. The molecule has 1 heterocycles. The van der Waals surface area contributed by atoms with Crippen LogP contribution in [-0.2, 0) is 0 Å². The van der Waals surface area contributed by atoms with E-state index in [0.717, 1.165) is 0 Å². The third kappa shape index (κ3) is 3.87. The van der Waals surface area contributed by atoms with Gasteiger partial charge in [0, 0.05) is 11.1 Å². The molecule has 0 saturated heterocycles. The zero-order chi connectivity index (χ0) is 30.6. The smallest absolute Gasteiger partial charge is 0.206 e. The van der Waals surface area contributed by atoms with Crippen molar-refractivity contribution < 1.29 is 43.9 Å². The SMILES string of the molecule is N#C/N=C1/c2ccccc2/C(=N\C#N)c2nc(-c3c(F)c(F)c(F)c(F)c3F)c(-c3c(F)c(F)c(F)c(F)c3F)nc21. The lowest BCUT2D eigenvalue weighted by Gasteiger charge is -2.23. The standard InChI is InChI=1S/C26H4F10N6/c27-11-9(12(28)16(32)19(35)15(11)31)23-24(10-13(29)17(33)20(36)18(34)14(10)30)42-26-22(40-6-38)8-4-2-1-3-7(8)21(39-5-37)25(26)41-23/h1-4H/b39-21-,40-22+. The first-order chi connectivity index (χ1) is 20.0. The summed E-state index contributed by atoms with van der Waals surface area (Å²) in [7, 11) is 0. The van der Waals surface area contributed by atoms with Crippen LogP contribution in [0.3, 0.4) is 0 Å². The Morgan fingerprint density at radius 3 is 1.02 bits per heavy atom. The summed E-state index contributed by atoms with van der Waals surface area (Å²) >= 11 is 0. The fourth-order valence-electron chi connectivity index (χ4n) is 4.22. The van der Waals surface area contributed by atoms with E-state index in [-0.39, 0.29) is 11.1 Å². The van der Waals surface area contributed by atoms with Gasteiger partial charge in [0.05, 0.1) is 11.1 Å². The van der Waals surface area contributed by atoms with Gasteiger partial charge in [0.2, 0.25) is 24.0 Å². The van der Waals surface area contributed by atoms with Gasteiger partial charge in [-0.1, -0.05) is 24.3 Å². The fraction of sp³-hybridized carbons (Fsp3) is 0. The zero-order valence-electron chi connectivity index (χ0n) is 19.8. The minimum Gasteiger partial charge on any atom is -0.241 e. The number of hydrogen-bond donors (Lipinski definition) is 0. The molecule has 0 N–H and O–H groups in total. The highest BCUT2D eigenvalue weighted by Crippen LogP contribution is 2.41. The number of aromatic nitrogens is 2. The summed E-state index contributed by atoms with van der Waals surface area (Å²) in [5.74, 6) is -25.9. The van der Waals surface area contributed by atoms with E-state index >= 15 is 0 Å². The van der Waals surface area contributed by atoms with Gasteiger partial charge in [-0.2, -0.15) is 20.5 Å². The fourth-order valence-corrected chi connectivity index (χ4v) is 4.22. The van der Waals surface area contributed by atoms with Gasteiger partial charge >= 0.3 is 0 Å². The van der Waals surface area contributed by atoms with Crippen molar-refractivity contribution >= 4 is 11.4 Å². The number of rotatable bonds is 2. The van der Waals surface area contributed by atoms with Gasteiger partial charge in [0.1, 0.15) is 34.2 Å². The molecule has 0 atom stereocenters. The molecule has 16 heteroatoms. The Hall–Kier alpha value is -5.64. The van der Waals surface area contributed by atoms with Gasteiger partial charge < -0.3 is 0 Å². The minimum atomic E-state index is -2.64. The van der Waals surface area contributed by atoms with Gasteiger partial charge in [0.25, 0.3) is 0 Å². The molecule has 1 aliphatic carbocycles. The van der Waals surface area contributed by atoms with Crippen molar-refractivity contribution in [3.8, 4) is 34.9 Å². The summed E-state index contributed by atoms with van der Waals surface area (Å²) in [6.45, 7) is 0. The number of aliphatic imine (C=N–C) groups is 2. The molecule has 0 radical (unpaired) electrons. The van der Waals surface area contributed by atoms with E-state index in [0.29, 0.717) is 0 Å². The average Bonchev–Trinajstić information content (AvgIpc) is 2.99. The van der Waals surface area contributed by atoms with Crippen LogP contribution >= 0.6 is 0 Å². The minimum absolute atomic E-state index is 0.0119. The molecule has 0 fully saturated rings. The maximum absolute atomic E-state index is 15.0. The Kier molecular flexibility index (Phi) is 6.70. The van der Waals surface area contributed by atoms with E-state index in [1.807, 2.05) is 0 Å². The van der Waals surface area contributed by atoms with Crippen molar-refractivity contribution in [2.24, 2.45) is 9.98 Å². The quantitative estimate of drug-likeness (QED) is 0.107. The predicted octanol–water partition coefficient (Wildman–Crippen LogP) is 6.15. The van der Waals surface area contributed by atoms with Gasteiger partial charge in [0.15, 0.2) is 46.5 Å². The molecule has 3 aromatic carbocycles. The van der Waals surface area contributed by atoms with Crippen LogP contribution in [0, 0.1) is 81.1 Å². The summed E-state index contributed by atoms with van der Waals surface area (Å²) in [6.07, 6.45) is 2.79. The molecule has 42 heavy (non-hydrogen) atoms. The molecular weight excluding hydrogens is 586 g/mol. The predicted molar refractivity (Wildman–Crippen MR) is 121 cm³/mol. The summed E-state index contributed by atoms with van der Waals surface area (Å²) in [4.78, 5) is 14.6. The molecule has 1 aliphatic rings. The van der Waals surface area contributed by atoms with Crippen LogP contribution in [0.25, 0.3) is 22.5 Å². The number of nitrogens with zero attached hydrogens (tertiary/aromatic N) is 6. The topological polar surface area (TPSA) is 98.1 Å². The molecule has 1 aromatic heterocycles. The van der Waals surface area contributed by atoms with E-state index < -0.39 is 103 Å². The van der Waals surface area contributed by atoms with Crippen LogP contribution in [0.5, 0.6) is 0 Å². The van der Waals surface area contributed by atoms with Gasteiger partial charge in [-0.25, -0.2) is 53.9 Å². The second kappa shape index (κ2) is 10.1. The molecule has 6 nitrogen and oxygen atoms in total. The summed E-state index contributed by atoms with van der Waals surface area (Å²) < 4.78 is 144. The first-order valence-corrected chi connectivity index (χ1v) is 11.0. The lowest BCUT2D eigenvalue weighted by atomic mass is 9.87. The van der Waals surface area contributed by atoms with Crippen molar-refractivity contribution in [2.75, 3.05) is 0 Å². The van der Waals surface area contributed by atoms with E-state index in [4.69, 9.17) is 0 Å². The molecule has 0 bridgehead atoms. The number of benzene rings is 3. The molecule has 0 unspecified atom stereocenters. The van der Waals surface area contributed by atoms with Crippen molar-refractivity contribution in [1.82, 2.24) is 9.97 Å². The Labute approximate surface area is 226 Å². The van der Waals surface area contributed by atoms with E-state index in [1.54, 1.807) is 0 Å². The van der Waals surface area contributed by atoms with Gasteiger partial charge in [-0.15, -0.1) is 0 Å². The van der Waals surface area contributed by atoms with Gasteiger partial charge in [-0.05, 0) is 0 Å². The Morgan fingerprint density at radius 1 is 0.452 bits per heavy atom. The van der Waals surface area contributed by atoms with Crippen LogP contribution < -0.4 is 0 Å². The highest BCUT2D eigenvalue weighted by Gasteiger charge is 2.38. The monoisotopic (exact) mass is 590 g/mol. The second-order valence-corrected chi connectivity index (χ2v) is 8.17. The van der Waals surface area contributed by atoms with Crippen LogP contribution in [0.4, 0.5) is 43.9 Å². The zero-order valence-corrected chi connectivity index (χ0v) is 19.8. The largest absolute Gasteiger partial charge is 0.241 e. The molecule has 5 rings (SSSR count). The van der Waals surface area contributed by atoms with E-state index in [9.17, 15) is 54.4 Å². The first-order valence-electron chi connectivity index (χ1n) is 11.0. The normalized spacial score (nSPS) is 14.0. The summed E-state index contributed by atoms with van der Waals surface area (Å²) in [5.41, 5.74) is -9.53. The maximum atomic E-state index is 15.0. The van der Waals surface area contributed by atoms with E-state index in [2.05, 4.69) is 20.0 Å². The second-order valence-electron chi connectivity index (χ2n) is 8.17. The highest BCUT2D eigenvalue weighted by atomic mass is 19.2. The third-order valence-electron chi connectivity index (χ3n) is 6.00. The molecule has 0 spiro atoms. The Morgan fingerprint density at radius 2 is 0.738 bits per heavy atom. The lowest BCUT2D eigenvalue weighted by Crippen LogP contribution is -2.26. The molecule has 0 aliphatic heterocycles. The van der Waals surface area contributed by atoms with Crippen LogP contribution in [0.2, 0.25) is 0 Å². The van der Waals surface area contributed by atoms with Crippen molar-refractivity contribution in [3.05, 3.63) is 105 Å². The molecule has 208 valence electrons. The summed E-state index contributed by atoms with van der Waals surface area (Å²) in [5, 5.41) is 18.5. The van der Waals surface area contributed by atoms with Crippen LogP contribution in [0.1, 0.15) is 22.5 Å². The Balaban J connectivity index is 2.06. The average molecular weight is 590 g/mol. The molecular formula is C26H4F10N6. The number of fused-ring (bicyclic) bond motifs is 2. The lowest BCUT2D eigenvalue weighted by molar-refractivity contribution is 0.380. The third-order valence-corrected chi connectivity index (χ3v) is 6.00. The highest BCUT2D eigenvalue weighted by molar-refractivity contribution is 6.30.